The van der Waals surface area contributed by atoms with Crippen LogP contribution >= 0.6 is 0 Å². The molecule has 1 aliphatic heterocycles. The van der Waals surface area contributed by atoms with Gasteiger partial charge in [0, 0.05) is 32.2 Å². The molecule has 1 amide bonds. The summed E-state index contributed by atoms with van der Waals surface area (Å²) in [5, 5.41) is 3.84. The van der Waals surface area contributed by atoms with E-state index in [4.69, 9.17) is 9.26 Å². The number of aromatic nitrogens is 1. The first kappa shape index (κ1) is 15.7. The number of carbonyl (C=O) groups is 1. The lowest BCUT2D eigenvalue weighted by molar-refractivity contribution is -0.00327. The summed E-state index contributed by atoms with van der Waals surface area (Å²) in [6.45, 7) is 3.16. The molecule has 0 unspecified atom stereocenters. The summed E-state index contributed by atoms with van der Waals surface area (Å²) >= 11 is 0. The van der Waals surface area contributed by atoms with Gasteiger partial charge in [0.15, 0.2) is 5.69 Å². The van der Waals surface area contributed by atoms with Crippen molar-refractivity contribution in [1.29, 1.82) is 0 Å². The molecule has 1 saturated heterocycles. The second-order valence-corrected chi connectivity index (χ2v) is 6.09. The largest absolute Gasteiger partial charge is 0.381 e. The van der Waals surface area contributed by atoms with E-state index in [1.54, 1.807) is 20.1 Å². The van der Waals surface area contributed by atoms with Crippen LogP contribution in [-0.2, 0) is 11.2 Å². The number of methoxy groups -OCH3 is 1. The first-order valence-corrected chi connectivity index (χ1v) is 7.96. The van der Waals surface area contributed by atoms with Gasteiger partial charge in [-0.1, -0.05) is 35.5 Å². The normalized spacial score (nSPS) is 21.4. The van der Waals surface area contributed by atoms with Gasteiger partial charge in [-0.15, -0.1) is 0 Å². The van der Waals surface area contributed by atoms with Crippen LogP contribution in [0.5, 0.6) is 0 Å². The van der Waals surface area contributed by atoms with Crippen molar-refractivity contribution < 1.29 is 14.1 Å². The average molecular weight is 314 g/mol. The van der Waals surface area contributed by atoms with Crippen molar-refractivity contribution >= 4 is 5.91 Å². The zero-order valence-electron chi connectivity index (χ0n) is 13.6. The van der Waals surface area contributed by atoms with E-state index in [1.807, 2.05) is 23.1 Å². The van der Waals surface area contributed by atoms with Crippen LogP contribution in [0.4, 0.5) is 0 Å². The van der Waals surface area contributed by atoms with Gasteiger partial charge in [0.2, 0.25) is 0 Å². The highest BCUT2D eigenvalue weighted by Gasteiger charge is 2.32. The number of rotatable bonds is 4. The zero-order chi connectivity index (χ0) is 16.2. The van der Waals surface area contributed by atoms with Gasteiger partial charge in [-0.25, -0.2) is 0 Å². The van der Waals surface area contributed by atoms with Gasteiger partial charge < -0.3 is 14.2 Å². The summed E-state index contributed by atoms with van der Waals surface area (Å²) in [6.07, 6.45) is 1.93. The van der Waals surface area contributed by atoms with Crippen LogP contribution in [0.25, 0.3) is 0 Å². The first-order chi connectivity index (χ1) is 11.2. The van der Waals surface area contributed by atoms with Gasteiger partial charge >= 0.3 is 0 Å². The third kappa shape index (κ3) is 3.62. The standard InChI is InChI=1S/C18H22N2O3/c1-13-10-16(19-23-13)18(21)20-9-8-17(22-2)15(12-20)11-14-6-4-3-5-7-14/h3-7,10,15,17H,8-9,11-12H2,1-2H3/t15-,17+/m0/s1. The molecule has 0 N–H and O–H groups in total. The Morgan fingerprint density at radius 3 is 2.83 bits per heavy atom. The number of benzene rings is 1. The Kier molecular flexibility index (Phi) is 4.76. The van der Waals surface area contributed by atoms with E-state index in [0.29, 0.717) is 24.5 Å². The average Bonchev–Trinajstić information content (AvgIpc) is 3.01. The van der Waals surface area contributed by atoms with Crippen LogP contribution in [0.3, 0.4) is 0 Å². The number of hydrogen-bond donors (Lipinski definition) is 0. The highest BCUT2D eigenvalue weighted by molar-refractivity contribution is 5.92. The van der Waals surface area contributed by atoms with E-state index >= 15 is 0 Å². The molecule has 2 atom stereocenters. The zero-order valence-corrected chi connectivity index (χ0v) is 13.6. The molecule has 3 rings (SSSR count). The minimum Gasteiger partial charge on any atom is -0.381 e. The van der Waals surface area contributed by atoms with Gasteiger partial charge in [0.05, 0.1) is 6.10 Å². The maximum atomic E-state index is 12.6. The monoisotopic (exact) mass is 314 g/mol. The Labute approximate surface area is 136 Å². The maximum absolute atomic E-state index is 12.6. The second-order valence-electron chi connectivity index (χ2n) is 6.09. The first-order valence-electron chi connectivity index (χ1n) is 7.96. The SMILES string of the molecule is CO[C@@H]1CCN(C(=O)c2cc(C)on2)C[C@@H]1Cc1ccccc1. The third-order valence-electron chi connectivity index (χ3n) is 4.44. The molecule has 1 fully saturated rings. The summed E-state index contributed by atoms with van der Waals surface area (Å²) < 4.78 is 10.7. The van der Waals surface area contributed by atoms with Crippen LogP contribution < -0.4 is 0 Å². The van der Waals surface area contributed by atoms with Crippen LogP contribution in [0.1, 0.15) is 28.2 Å². The van der Waals surface area contributed by atoms with E-state index in [9.17, 15) is 4.79 Å². The Hall–Kier alpha value is -2.14. The van der Waals surface area contributed by atoms with E-state index in [1.165, 1.54) is 5.56 Å². The lowest BCUT2D eigenvalue weighted by Gasteiger charge is -2.37. The summed E-state index contributed by atoms with van der Waals surface area (Å²) in [5.74, 6) is 0.878. The summed E-state index contributed by atoms with van der Waals surface area (Å²) in [6, 6.07) is 12.0. The smallest absolute Gasteiger partial charge is 0.276 e. The molecule has 0 bridgehead atoms. The van der Waals surface area contributed by atoms with Crippen LogP contribution in [0, 0.1) is 12.8 Å². The fourth-order valence-corrected chi connectivity index (χ4v) is 3.25. The van der Waals surface area contributed by atoms with Crippen molar-refractivity contribution in [1.82, 2.24) is 10.1 Å². The lowest BCUT2D eigenvalue weighted by Crippen LogP contribution is -2.47. The Balaban J connectivity index is 1.71. The van der Waals surface area contributed by atoms with Crippen molar-refractivity contribution in [2.24, 2.45) is 5.92 Å². The predicted octanol–water partition coefficient (Wildman–Crippen LogP) is 2.70. The lowest BCUT2D eigenvalue weighted by atomic mass is 9.88. The molecule has 1 aromatic carbocycles. The number of aryl methyl sites for hydroxylation is 1. The van der Waals surface area contributed by atoms with Crippen LogP contribution in [0.15, 0.2) is 40.9 Å². The Bertz CT molecular complexity index is 653. The molecule has 1 aliphatic rings. The molecular weight excluding hydrogens is 292 g/mol. The van der Waals surface area contributed by atoms with Gasteiger partial charge in [-0.2, -0.15) is 0 Å². The predicted molar refractivity (Wildman–Crippen MR) is 86.2 cm³/mol. The fourth-order valence-electron chi connectivity index (χ4n) is 3.25. The highest BCUT2D eigenvalue weighted by Crippen LogP contribution is 2.24. The van der Waals surface area contributed by atoms with Gasteiger partial charge in [-0.05, 0) is 25.3 Å². The summed E-state index contributed by atoms with van der Waals surface area (Å²) in [5.41, 5.74) is 1.66. The number of ether oxygens (including phenoxy) is 1. The molecular formula is C18H22N2O3. The van der Waals surface area contributed by atoms with E-state index in [0.717, 1.165) is 12.8 Å². The molecule has 5 heteroatoms. The molecule has 2 heterocycles. The number of carbonyl (C=O) groups excluding carboxylic acids is 1. The Morgan fingerprint density at radius 2 is 2.17 bits per heavy atom. The second kappa shape index (κ2) is 6.96. The molecule has 122 valence electrons. The van der Waals surface area contributed by atoms with Crippen molar-refractivity contribution in [2.75, 3.05) is 20.2 Å². The molecule has 5 nitrogen and oxygen atoms in total. The molecule has 0 radical (unpaired) electrons. The highest BCUT2D eigenvalue weighted by atomic mass is 16.5. The van der Waals surface area contributed by atoms with E-state index in [-0.39, 0.29) is 17.9 Å². The molecule has 0 saturated carbocycles. The van der Waals surface area contributed by atoms with Gasteiger partial charge in [0.1, 0.15) is 5.76 Å². The van der Waals surface area contributed by atoms with Crippen molar-refractivity contribution in [3.05, 3.63) is 53.4 Å². The topological polar surface area (TPSA) is 55.6 Å². The fraction of sp³-hybridized carbons (Fsp3) is 0.444. The molecule has 0 spiro atoms. The van der Waals surface area contributed by atoms with Crippen molar-refractivity contribution in [2.45, 2.75) is 25.9 Å². The van der Waals surface area contributed by atoms with Crippen LogP contribution in [0.2, 0.25) is 0 Å². The summed E-state index contributed by atoms with van der Waals surface area (Å²) in [7, 11) is 1.75. The Morgan fingerprint density at radius 1 is 1.39 bits per heavy atom. The van der Waals surface area contributed by atoms with Gasteiger partial charge in [0.25, 0.3) is 5.91 Å². The number of hydrogen-bond acceptors (Lipinski definition) is 4. The number of piperidine rings is 1. The minimum atomic E-state index is -0.0607. The van der Waals surface area contributed by atoms with Crippen molar-refractivity contribution in [3.63, 3.8) is 0 Å². The third-order valence-corrected chi connectivity index (χ3v) is 4.44. The van der Waals surface area contributed by atoms with Crippen molar-refractivity contribution in [3.8, 4) is 0 Å². The summed E-state index contributed by atoms with van der Waals surface area (Å²) in [4.78, 5) is 14.4. The molecule has 23 heavy (non-hydrogen) atoms. The van der Waals surface area contributed by atoms with Crippen LogP contribution in [-0.4, -0.2) is 42.3 Å². The number of likely N-dealkylation sites (tertiary alicyclic amines) is 1. The van der Waals surface area contributed by atoms with E-state index in [2.05, 4.69) is 17.3 Å². The quantitative estimate of drug-likeness (QED) is 0.870. The maximum Gasteiger partial charge on any atom is 0.276 e. The molecule has 2 aromatic rings. The van der Waals surface area contributed by atoms with Gasteiger partial charge in [-0.3, -0.25) is 4.79 Å². The number of nitrogens with zero attached hydrogens (tertiary/aromatic N) is 2. The minimum absolute atomic E-state index is 0.0607. The molecule has 1 aromatic heterocycles. The number of amides is 1. The van der Waals surface area contributed by atoms with E-state index < -0.39 is 0 Å². The molecule has 0 aliphatic carbocycles.